The number of carbonyl (C=O) groups excluding carboxylic acids is 2. The summed E-state index contributed by atoms with van der Waals surface area (Å²) in [6, 6.07) is 14.4. The summed E-state index contributed by atoms with van der Waals surface area (Å²) in [4.78, 5) is 23.4. The Bertz CT molecular complexity index is 772. The van der Waals surface area contributed by atoms with Crippen molar-refractivity contribution in [2.24, 2.45) is 0 Å². The standard InChI is InChI=1S/C20H21NO4S2/c1-24-19(23)14-3-7-16(8-4-14)21-18(22)13-25-17-9-5-15(6-10-17)20-26-11-2-12-27-20/h3-10,20H,2,11-13H2,1H3,(H,21,22). The van der Waals surface area contributed by atoms with E-state index in [0.29, 0.717) is 21.6 Å². The molecule has 3 rings (SSSR count). The summed E-state index contributed by atoms with van der Waals surface area (Å²) in [6.07, 6.45) is 1.27. The first-order chi connectivity index (χ1) is 13.2. The van der Waals surface area contributed by atoms with Gasteiger partial charge in [-0.1, -0.05) is 12.1 Å². The van der Waals surface area contributed by atoms with Crippen molar-refractivity contribution in [3.63, 3.8) is 0 Å². The van der Waals surface area contributed by atoms with Gasteiger partial charge in [-0.25, -0.2) is 4.79 Å². The lowest BCUT2D eigenvalue weighted by atomic mass is 10.2. The molecule has 1 aliphatic heterocycles. The minimum absolute atomic E-state index is 0.0783. The van der Waals surface area contributed by atoms with Crippen molar-refractivity contribution < 1.29 is 19.1 Å². The second-order valence-corrected chi connectivity index (χ2v) is 8.63. The second-order valence-electron chi connectivity index (χ2n) is 5.90. The van der Waals surface area contributed by atoms with E-state index >= 15 is 0 Å². The molecule has 142 valence electrons. The molecular formula is C20H21NO4S2. The average molecular weight is 404 g/mol. The zero-order valence-corrected chi connectivity index (χ0v) is 16.6. The van der Waals surface area contributed by atoms with Gasteiger partial charge in [-0.2, -0.15) is 0 Å². The normalized spacial score (nSPS) is 14.4. The van der Waals surface area contributed by atoms with Crippen LogP contribution in [0.3, 0.4) is 0 Å². The number of esters is 1. The zero-order valence-electron chi connectivity index (χ0n) is 15.0. The molecule has 0 aromatic heterocycles. The number of hydrogen-bond donors (Lipinski definition) is 1. The van der Waals surface area contributed by atoms with Gasteiger partial charge >= 0.3 is 5.97 Å². The fraction of sp³-hybridized carbons (Fsp3) is 0.300. The number of rotatable bonds is 6. The fourth-order valence-corrected chi connectivity index (χ4v) is 5.45. The lowest BCUT2D eigenvalue weighted by Crippen LogP contribution is -2.20. The molecule has 0 unspecified atom stereocenters. The van der Waals surface area contributed by atoms with E-state index in [4.69, 9.17) is 4.74 Å². The first kappa shape index (κ1) is 19.6. The van der Waals surface area contributed by atoms with Gasteiger partial charge < -0.3 is 14.8 Å². The molecule has 0 aliphatic carbocycles. The van der Waals surface area contributed by atoms with Gasteiger partial charge in [0.1, 0.15) is 5.75 Å². The maximum Gasteiger partial charge on any atom is 0.337 e. The Morgan fingerprint density at radius 3 is 2.33 bits per heavy atom. The Morgan fingerprint density at radius 1 is 1.04 bits per heavy atom. The summed E-state index contributed by atoms with van der Waals surface area (Å²) in [5.74, 6) is 2.40. The number of anilines is 1. The third kappa shape index (κ3) is 5.68. The number of methoxy groups -OCH3 is 1. The quantitative estimate of drug-likeness (QED) is 0.723. The van der Waals surface area contributed by atoms with Crippen LogP contribution in [0, 0.1) is 0 Å². The highest BCUT2D eigenvalue weighted by Gasteiger charge is 2.16. The lowest BCUT2D eigenvalue weighted by Gasteiger charge is -2.21. The molecule has 7 heteroatoms. The van der Waals surface area contributed by atoms with Gasteiger partial charge in [0.2, 0.25) is 0 Å². The number of ether oxygens (including phenoxy) is 2. The average Bonchev–Trinajstić information content (AvgIpc) is 2.73. The molecule has 2 aromatic carbocycles. The summed E-state index contributed by atoms with van der Waals surface area (Å²) in [6.45, 7) is -0.0783. The van der Waals surface area contributed by atoms with Gasteiger partial charge in [-0.15, -0.1) is 23.5 Å². The van der Waals surface area contributed by atoms with E-state index in [0.717, 1.165) is 0 Å². The summed E-state index contributed by atoms with van der Waals surface area (Å²) in [5.41, 5.74) is 2.31. The topological polar surface area (TPSA) is 64.6 Å². The summed E-state index contributed by atoms with van der Waals surface area (Å²) in [7, 11) is 1.33. The fourth-order valence-electron chi connectivity index (χ4n) is 2.55. The maximum atomic E-state index is 12.0. The molecular weight excluding hydrogens is 382 g/mol. The molecule has 0 radical (unpaired) electrons. The predicted octanol–water partition coefficient (Wildman–Crippen LogP) is 4.36. The minimum atomic E-state index is -0.412. The summed E-state index contributed by atoms with van der Waals surface area (Å²) in [5, 5.41) is 2.74. The molecule has 0 spiro atoms. The van der Waals surface area contributed by atoms with Crippen molar-refractivity contribution in [1.82, 2.24) is 0 Å². The largest absolute Gasteiger partial charge is 0.484 e. The third-order valence-corrected chi connectivity index (χ3v) is 6.95. The van der Waals surface area contributed by atoms with Crippen LogP contribution in [0.1, 0.15) is 26.9 Å². The Morgan fingerprint density at radius 2 is 1.70 bits per heavy atom. The van der Waals surface area contributed by atoms with Crippen molar-refractivity contribution in [2.75, 3.05) is 30.5 Å². The number of carbonyl (C=O) groups is 2. The lowest BCUT2D eigenvalue weighted by molar-refractivity contribution is -0.118. The van der Waals surface area contributed by atoms with Gasteiger partial charge in [0.15, 0.2) is 6.61 Å². The summed E-state index contributed by atoms with van der Waals surface area (Å²) < 4.78 is 10.7. The van der Waals surface area contributed by atoms with Crippen molar-refractivity contribution in [3.05, 3.63) is 59.7 Å². The number of nitrogens with one attached hydrogen (secondary N) is 1. The molecule has 0 atom stereocenters. The molecule has 1 aliphatic rings. The molecule has 1 saturated heterocycles. The smallest absolute Gasteiger partial charge is 0.337 e. The second kappa shape index (κ2) is 9.71. The van der Waals surface area contributed by atoms with Gasteiger partial charge in [-0.3, -0.25) is 4.79 Å². The highest BCUT2D eigenvalue weighted by Crippen LogP contribution is 2.43. The van der Waals surface area contributed by atoms with Crippen molar-refractivity contribution >= 4 is 41.1 Å². The van der Waals surface area contributed by atoms with E-state index in [1.807, 2.05) is 35.7 Å². The third-order valence-electron chi connectivity index (χ3n) is 3.94. The Kier molecular flexibility index (Phi) is 7.06. The monoisotopic (exact) mass is 403 g/mol. The van der Waals surface area contributed by atoms with Crippen molar-refractivity contribution in [2.45, 2.75) is 11.0 Å². The van der Waals surface area contributed by atoms with Crippen LogP contribution in [-0.2, 0) is 9.53 Å². The Labute approximate surface area is 167 Å². The van der Waals surface area contributed by atoms with Crippen LogP contribution in [-0.4, -0.2) is 37.1 Å². The molecule has 1 fully saturated rings. The zero-order chi connectivity index (χ0) is 19.1. The van der Waals surface area contributed by atoms with Gasteiger partial charge in [0, 0.05) is 5.69 Å². The van der Waals surface area contributed by atoms with E-state index in [1.165, 1.54) is 30.6 Å². The highest BCUT2D eigenvalue weighted by atomic mass is 32.2. The van der Waals surface area contributed by atoms with Crippen molar-refractivity contribution in [3.8, 4) is 5.75 Å². The van der Waals surface area contributed by atoms with Crippen LogP contribution in [0.4, 0.5) is 5.69 Å². The predicted molar refractivity (Wildman–Crippen MR) is 111 cm³/mol. The van der Waals surface area contributed by atoms with E-state index < -0.39 is 5.97 Å². The van der Waals surface area contributed by atoms with Crippen LogP contribution in [0.25, 0.3) is 0 Å². The van der Waals surface area contributed by atoms with Crippen LogP contribution in [0.15, 0.2) is 48.5 Å². The number of hydrogen-bond acceptors (Lipinski definition) is 6. The Hall–Kier alpha value is -2.12. The molecule has 0 bridgehead atoms. The maximum absolute atomic E-state index is 12.0. The molecule has 1 N–H and O–H groups in total. The highest BCUT2D eigenvalue weighted by molar-refractivity contribution is 8.16. The van der Waals surface area contributed by atoms with Crippen LogP contribution >= 0.6 is 23.5 Å². The first-order valence-electron chi connectivity index (χ1n) is 8.60. The molecule has 5 nitrogen and oxygen atoms in total. The SMILES string of the molecule is COC(=O)c1ccc(NC(=O)COc2ccc(C3SCCCS3)cc2)cc1. The van der Waals surface area contributed by atoms with E-state index in [2.05, 4.69) is 22.2 Å². The molecule has 27 heavy (non-hydrogen) atoms. The molecule has 2 aromatic rings. The van der Waals surface area contributed by atoms with Crippen LogP contribution < -0.4 is 10.1 Å². The Balaban J connectivity index is 1.48. The summed E-state index contributed by atoms with van der Waals surface area (Å²) >= 11 is 3.95. The van der Waals surface area contributed by atoms with E-state index in [9.17, 15) is 9.59 Å². The number of benzene rings is 2. The first-order valence-corrected chi connectivity index (χ1v) is 10.7. The van der Waals surface area contributed by atoms with Crippen molar-refractivity contribution in [1.29, 1.82) is 0 Å². The van der Waals surface area contributed by atoms with E-state index in [1.54, 1.807) is 24.3 Å². The minimum Gasteiger partial charge on any atom is -0.484 e. The molecule has 1 heterocycles. The van der Waals surface area contributed by atoms with Crippen LogP contribution in [0.2, 0.25) is 0 Å². The van der Waals surface area contributed by atoms with Gasteiger partial charge in [0.05, 0.1) is 17.3 Å². The molecule has 1 amide bonds. The van der Waals surface area contributed by atoms with Gasteiger partial charge in [-0.05, 0) is 59.9 Å². The number of thioether (sulfide) groups is 2. The number of amides is 1. The van der Waals surface area contributed by atoms with E-state index in [-0.39, 0.29) is 12.5 Å². The van der Waals surface area contributed by atoms with Crippen LogP contribution in [0.5, 0.6) is 5.75 Å². The molecule has 0 saturated carbocycles. The van der Waals surface area contributed by atoms with Gasteiger partial charge in [0.25, 0.3) is 5.91 Å².